The van der Waals surface area contributed by atoms with Gasteiger partial charge in [0, 0.05) is 22.5 Å². The van der Waals surface area contributed by atoms with Gasteiger partial charge in [0.2, 0.25) is 0 Å². The lowest BCUT2D eigenvalue weighted by Gasteiger charge is -2.31. The highest BCUT2D eigenvalue weighted by atomic mass is 79.9. The van der Waals surface area contributed by atoms with Gasteiger partial charge in [0.05, 0.1) is 4.99 Å². The van der Waals surface area contributed by atoms with Crippen molar-refractivity contribution in [2.75, 3.05) is 13.1 Å². The van der Waals surface area contributed by atoms with Crippen molar-refractivity contribution in [3.63, 3.8) is 0 Å². The number of piperidine rings is 1. The van der Waals surface area contributed by atoms with E-state index in [1.54, 1.807) is 6.07 Å². The molecule has 5 heteroatoms. The van der Waals surface area contributed by atoms with Crippen LogP contribution in [-0.4, -0.2) is 23.0 Å². The molecule has 2 rings (SSSR count). The summed E-state index contributed by atoms with van der Waals surface area (Å²) in [5.74, 6) is 0.207. The van der Waals surface area contributed by atoms with E-state index in [1.165, 1.54) is 6.07 Å². The molecule has 1 aromatic carbocycles. The standard InChI is InChI=1S/C13H16BrFN2S/c14-11-1-2-12(15)10(7-11)8-17-5-3-9(4-6-17)13(16)18/h1-2,7,9H,3-6,8H2,(H2,16,18). The molecular weight excluding hydrogens is 315 g/mol. The van der Waals surface area contributed by atoms with Crippen LogP contribution < -0.4 is 5.73 Å². The molecule has 0 unspecified atom stereocenters. The van der Waals surface area contributed by atoms with Gasteiger partial charge in [-0.05, 0) is 44.1 Å². The van der Waals surface area contributed by atoms with Crippen LogP contribution in [0.1, 0.15) is 18.4 Å². The zero-order valence-corrected chi connectivity index (χ0v) is 12.4. The van der Waals surface area contributed by atoms with E-state index in [4.69, 9.17) is 18.0 Å². The zero-order chi connectivity index (χ0) is 13.1. The summed E-state index contributed by atoms with van der Waals surface area (Å²) < 4.78 is 14.6. The summed E-state index contributed by atoms with van der Waals surface area (Å²) in [7, 11) is 0. The van der Waals surface area contributed by atoms with Crippen LogP contribution in [0.2, 0.25) is 0 Å². The fraction of sp³-hybridized carbons (Fsp3) is 0.462. The number of likely N-dealkylation sites (tertiary alicyclic amines) is 1. The Balaban J connectivity index is 1.95. The Morgan fingerprint density at radius 3 is 2.72 bits per heavy atom. The molecular formula is C13H16BrFN2S. The summed E-state index contributed by atoms with van der Waals surface area (Å²) in [6, 6.07) is 5.06. The largest absolute Gasteiger partial charge is 0.393 e. The first-order chi connectivity index (χ1) is 8.56. The topological polar surface area (TPSA) is 29.3 Å². The highest BCUT2D eigenvalue weighted by Crippen LogP contribution is 2.22. The van der Waals surface area contributed by atoms with Crippen molar-refractivity contribution in [2.45, 2.75) is 19.4 Å². The van der Waals surface area contributed by atoms with E-state index in [1.807, 2.05) is 6.07 Å². The summed E-state index contributed by atoms with van der Waals surface area (Å²) in [5, 5.41) is 0. The number of halogens is 2. The van der Waals surface area contributed by atoms with E-state index in [0.29, 0.717) is 17.5 Å². The third-order valence-corrected chi connectivity index (χ3v) is 4.22. The minimum absolute atomic E-state index is 0.144. The molecule has 1 fully saturated rings. The molecule has 0 radical (unpaired) electrons. The van der Waals surface area contributed by atoms with Crippen LogP contribution in [0.15, 0.2) is 22.7 Å². The van der Waals surface area contributed by atoms with Gasteiger partial charge in [0.15, 0.2) is 0 Å². The van der Waals surface area contributed by atoms with Gasteiger partial charge >= 0.3 is 0 Å². The molecule has 0 bridgehead atoms. The minimum Gasteiger partial charge on any atom is -0.393 e. The minimum atomic E-state index is -0.144. The molecule has 1 aromatic rings. The Kier molecular flexibility index (Phi) is 4.70. The lowest BCUT2D eigenvalue weighted by atomic mass is 9.96. The van der Waals surface area contributed by atoms with Gasteiger partial charge in [-0.1, -0.05) is 28.1 Å². The maximum absolute atomic E-state index is 13.6. The van der Waals surface area contributed by atoms with Crippen molar-refractivity contribution >= 4 is 33.1 Å². The van der Waals surface area contributed by atoms with Gasteiger partial charge in [-0.3, -0.25) is 4.90 Å². The number of hydrogen-bond donors (Lipinski definition) is 1. The highest BCUT2D eigenvalue weighted by Gasteiger charge is 2.21. The van der Waals surface area contributed by atoms with Gasteiger partial charge in [-0.2, -0.15) is 0 Å². The van der Waals surface area contributed by atoms with E-state index >= 15 is 0 Å². The summed E-state index contributed by atoms with van der Waals surface area (Å²) in [6.07, 6.45) is 1.95. The van der Waals surface area contributed by atoms with E-state index < -0.39 is 0 Å². The van der Waals surface area contributed by atoms with E-state index in [2.05, 4.69) is 20.8 Å². The second-order valence-corrected chi connectivity index (χ2v) is 6.08. The first-order valence-electron chi connectivity index (χ1n) is 6.02. The van der Waals surface area contributed by atoms with Gasteiger partial charge in [-0.15, -0.1) is 0 Å². The van der Waals surface area contributed by atoms with E-state index in [9.17, 15) is 4.39 Å². The summed E-state index contributed by atoms with van der Waals surface area (Å²) >= 11 is 8.39. The molecule has 1 saturated heterocycles. The van der Waals surface area contributed by atoms with Crippen molar-refractivity contribution < 1.29 is 4.39 Å². The quantitative estimate of drug-likeness (QED) is 0.863. The molecule has 0 amide bonds. The Labute approximate surface area is 120 Å². The summed E-state index contributed by atoms with van der Waals surface area (Å²) in [6.45, 7) is 2.50. The van der Waals surface area contributed by atoms with Crippen molar-refractivity contribution in [2.24, 2.45) is 11.7 Å². The molecule has 2 N–H and O–H groups in total. The molecule has 18 heavy (non-hydrogen) atoms. The SMILES string of the molecule is NC(=S)C1CCN(Cc2cc(Br)ccc2F)CC1. The van der Waals surface area contributed by atoms with Gasteiger partial charge in [0.1, 0.15) is 5.82 Å². The van der Waals surface area contributed by atoms with Crippen molar-refractivity contribution in [1.29, 1.82) is 0 Å². The maximum Gasteiger partial charge on any atom is 0.127 e. The van der Waals surface area contributed by atoms with Crippen molar-refractivity contribution in [3.8, 4) is 0 Å². The third-order valence-electron chi connectivity index (χ3n) is 3.39. The van der Waals surface area contributed by atoms with Crippen LogP contribution in [0.25, 0.3) is 0 Å². The van der Waals surface area contributed by atoms with Gasteiger partial charge in [-0.25, -0.2) is 4.39 Å². The van der Waals surface area contributed by atoms with Crippen LogP contribution in [0, 0.1) is 11.7 Å². The van der Waals surface area contributed by atoms with E-state index in [-0.39, 0.29) is 5.82 Å². The number of hydrogen-bond acceptors (Lipinski definition) is 2. The number of benzene rings is 1. The Morgan fingerprint density at radius 1 is 1.44 bits per heavy atom. The molecule has 2 nitrogen and oxygen atoms in total. The Morgan fingerprint density at radius 2 is 2.11 bits per heavy atom. The maximum atomic E-state index is 13.6. The van der Waals surface area contributed by atoms with Gasteiger partial charge < -0.3 is 5.73 Å². The predicted molar refractivity (Wildman–Crippen MR) is 78.9 cm³/mol. The summed E-state index contributed by atoms with van der Waals surface area (Å²) in [5.41, 5.74) is 6.39. The van der Waals surface area contributed by atoms with Crippen LogP contribution in [0.3, 0.4) is 0 Å². The second kappa shape index (κ2) is 6.08. The Bertz CT molecular complexity index is 445. The molecule has 1 aliphatic rings. The molecule has 0 aromatic heterocycles. The van der Waals surface area contributed by atoms with Gasteiger partial charge in [0.25, 0.3) is 0 Å². The van der Waals surface area contributed by atoms with Crippen LogP contribution in [0.5, 0.6) is 0 Å². The van der Waals surface area contributed by atoms with Crippen molar-refractivity contribution in [1.82, 2.24) is 4.90 Å². The average molecular weight is 331 g/mol. The fourth-order valence-corrected chi connectivity index (χ4v) is 2.93. The van der Waals surface area contributed by atoms with Crippen LogP contribution in [-0.2, 0) is 6.54 Å². The van der Waals surface area contributed by atoms with Crippen LogP contribution in [0.4, 0.5) is 4.39 Å². The lowest BCUT2D eigenvalue weighted by Crippen LogP contribution is -2.37. The first kappa shape index (κ1) is 13.9. The smallest absolute Gasteiger partial charge is 0.127 e. The summed E-state index contributed by atoms with van der Waals surface area (Å²) in [4.78, 5) is 2.86. The molecule has 0 atom stereocenters. The number of thiocarbonyl (C=S) groups is 1. The molecule has 98 valence electrons. The highest BCUT2D eigenvalue weighted by molar-refractivity contribution is 9.10. The molecule has 1 heterocycles. The molecule has 1 aliphatic heterocycles. The zero-order valence-electron chi connectivity index (χ0n) is 10.0. The lowest BCUT2D eigenvalue weighted by molar-refractivity contribution is 0.200. The number of rotatable bonds is 3. The Hall–Kier alpha value is -0.520. The number of nitrogens with zero attached hydrogens (tertiary/aromatic N) is 1. The average Bonchev–Trinajstić information content (AvgIpc) is 2.34. The van der Waals surface area contributed by atoms with Crippen LogP contribution >= 0.6 is 28.1 Å². The normalized spacial score (nSPS) is 17.9. The van der Waals surface area contributed by atoms with Crippen molar-refractivity contribution in [3.05, 3.63) is 34.1 Å². The number of nitrogens with two attached hydrogens (primary N) is 1. The fourth-order valence-electron chi connectivity index (χ4n) is 2.28. The monoisotopic (exact) mass is 330 g/mol. The molecule has 0 spiro atoms. The second-order valence-electron chi connectivity index (χ2n) is 4.69. The molecule has 0 saturated carbocycles. The first-order valence-corrected chi connectivity index (χ1v) is 7.22. The van der Waals surface area contributed by atoms with E-state index in [0.717, 1.165) is 36.0 Å². The molecule has 0 aliphatic carbocycles. The predicted octanol–water partition coefficient (Wildman–Crippen LogP) is 3.09. The third kappa shape index (κ3) is 3.49.